The Balaban J connectivity index is 1.69. The minimum Gasteiger partial charge on any atom is -0.308 e. The number of halogens is 1. The first-order chi connectivity index (χ1) is 12.7. The molecule has 3 heteroatoms. The molecule has 2 N–H and O–H groups in total. The third-order valence-corrected chi connectivity index (χ3v) is 4.57. The van der Waals surface area contributed by atoms with Crippen LogP contribution in [-0.2, 0) is 13.1 Å². The van der Waals surface area contributed by atoms with E-state index in [-0.39, 0.29) is 17.9 Å². The Bertz CT molecular complexity index is 772. The summed E-state index contributed by atoms with van der Waals surface area (Å²) in [5.41, 5.74) is 3.56. The molecule has 2 atom stereocenters. The van der Waals surface area contributed by atoms with Crippen LogP contribution in [-0.4, -0.2) is 6.04 Å². The first-order valence-electron chi connectivity index (χ1n) is 9.02. The van der Waals surface area contributed by atoms with E-state index in [4.69, 9.17) is 0 Å². The van der Waals surface area contributed by atoms with E-state index in [0.29, 0.717) is 0 Å². The highest BCUT2D eigenvalue weighted by molar-refractivity contribution is 5.23. The molecule has 3 aromatic carbocycles. The number of rotatable bonds is 8. The second-order valence-electron chi connectivity index (χ2n) is 6.55. The predicted molar refractivity (Wildman–Crippen MR) is 105 cm³/mol. The zero-order valence-electron chi connectivity index (χ0n) is 15.0. The average molecular weight is 348 g/mol. The smallest absolute Gasteiger partial charge is 0.123 e. The second kappa shape index (κ2) is 9.27. The summed E-state index contributed by atoms with van der Waals surface area (Å²) in [7, 11) is 0. The van der Waals surface area contributed by atoms with Crippen LogP contribution in [0.4, 0.5) is 4.39 Å². The quantitative estimate of drug-likeness (QED) is 0.609. The summed E-state index contributed by atoms with van der Waals surface area (Å²) in [6.45, 7) is 3.72. The SMILES string of the molecule is C[C@H](NCc1ccccc1)[C@H](NCc1ccccc1)c1ccc(F)cc1. The second-order valence-corrected chi connectivity index (χ2v) is 6.55. The predicted octanol–water partition coefficient (Wildman–Crippen LogP) is 4.83. The van der Waals surface area contributed by atoms with Crippen molar-refractivity contribution < 1.29 is 4.39 Å². The Kier molecular flexibility index (Phi) is 6.53. The van der Waals surface area contributed by atoms with Crippen molar-refractivity contribution in [2.45, 2.75) is 32.1 Å². The standard InChI is InChI=1S/C23H25FN2/c1-18(25-16-19-8-4-2-5-9-19)23(21-12-14-22(24)15-13-21)26-17-20-10-6-3-7-11-20/h2-15,18,23,25-26H,16-17H2,1H3/t18-,23-/m0/s1. The van der Waals surface area contributed by atoms with Crippen LogP contribution < -0.4 is 10.6 Å². The number of nitrogens with one attached hydrogen (secondary N) is 2. The number of benzene rings is 3. The lowest BCUT2D eigenvalue weighted by atomic mass is 9.99. The fraction of sp³-hybridized carbons (Fsp3) is 0.217. The van der Waals surface area contributed by atoms with Crippen molar-refractivity contribution in [3.8, 4) is 0 Å². The van der Waals surface area contributed by atoms with E-state index in [1.165, 1.54) is 23.3 Å². The van der Waals surface area contributed by atoms with Gasteiger partial charge in [0.2, 0.25) is 0 Å². The van der Waals surface area contributed by atoms with Crippen LogP contribution in [0.15, 0.2) is 84.9 Å². The molecule has 0 bridgehead atoms. The molecule has 3 rings (SSSR count). The molecule has 0 amide bonds. The van der Waals surface area contributed by atoms with Crippen LogP contribution in [0, 0.1) is 5.82 Å². The van der Waals surface area contributed by atoms with Gasteiger partial charge in [-0.05, 0) is 35.7 Å². The molecule has 0 aliphatic carbocycles. The molecule has 0 aliphatic heterocycles. The van der Waals surface area contributed by atoms with E-state index in [1.807, 2.05) is 48.5 Å². The van der Waals surface area contributed by atoms with Crippen molar-refractivity contribution in [3.05, 3.63) is 107 Å². The first kappa shape index (κ1) is 18.3. The molecule has 0 spiro atoms. The molecule has 0 heterocycles. The highest BCUT2D eigenvalue weighted by Crippen LogP contribution is 2.19. The van der Waals surface area contributed by atoms with Gasteiger partial charge in [-0.25, -0.2) is 4.39 Å². The maximum Gasteiger partial charge on any atom is 0.123 e. The fourth-order valence-corrected chi connectivity index (χ4v) is 3.07. The van der Waals surface area contributed by atoms with Crippen molar-refractivity contribution in [2.75, 3.05) is 0 Å². The summed E-state index contributed by atoms with van der Waals surface area (Å²) in [6, 6.07) is 27.7. The van der Waals surface area contributed by atoms with Crippen LogP contribution in [0.3, 0.4) is 0 Å². The van der Waals surface area contributed by atoms with E-state index in [9.17, 15) is 4.39 Å². The highest BCUT2D eigenvalue weighted by atomic mass is 19.1. The Labute approximate surface area is 155 Å². The molecule has 2 nitrogen and oxygen atoms in total. The van der Waals surface area contributed by atoms with Crippen molar-refractivity contribution in [2.24, 2.45) is 0 Å². The molecular weight excluding hydrogens is 323 g/mol. The van der Waals surface area contributed by atoms with Crippen LogP contribution in [0.5, 0.6) is 0 Å². The number of hydrogen-bond donors (Lipinski definition) is 2. The van der Waals surface area contributed by atoms with Crippen LogP contribution in [0.25, 0.3) is 0 Å². The summed E-state index contributed by atoms with van der Waals surface area (Å²) in [5.74, 6) is -0.208. The summed E-state index contributed by atoms with van der Waals surface area (Å²) in [5, 5.41) is 7.21. The van der Waals surface area contributed by atoms with Crippen molar-refractivity contribution >= 4 is 0 Å². The molecule has 0 saturated carbocycles. The van der Waals surface area contributed by atoms with Crippen LogP contribution in [0.2, 0.25) is 0 Å². The van der Waals surface area contributed by atoms with Gasteiger partial charge in [0.25, 0.3) is 0 Å². The van der Waals surface area contributed by atoms with Crippen LogP contribution >= 0.6 is 0 Å². The largest absolute Gasteiger partial charge is 0.308 e. The van der Waals surface area contributed by atoms with Gasteiger partial charge in [0.15, 0.2) is 0 Å². The molecule has 0 aromatic heterocycles. The molecule has 0 unspecified atom stereocenters. The van der Waals surface area contributed by atoms with Gasteiger partial charge in [-0.1, -0.05) is 72.8 Å². The lowest BCUT2D eigenvalue weighted by Gasteiger charge is -2.27. The lowest BCUT2D eigenvalue weighted by molar-refractivity contribution is 0.394. The van der Waals surface area contributed by atoms with E-state index in [2.05, 4.69) is 41.8 Å². The molecule has 0 fully saturated rings. The summed E-state index contributed by atoms with van der Waals surface area (Å²) in [4.78, 5) is 0. The summed E-state index contributed by atoms with van der Waals surface area (Å²) < 4.78 is 13.3. The third-order valence-electron chi connectivity index (χ3n) is 4.57. The topological polar surface area (TPSA) is 24.1 Å². The Morgan fingerprint density at radius 3 is 1.73 bits per heavy atom. The normalized spacial score (nSPS) is 13.3. The third kappa shape index (κ3) is 5.25. The minimum atomic E-state index is -0.208. The fourth-order valence-electron chi connectivity index (χ4n) is 3.07. The lowest BCUT2D eigenvalue weighted by Crippen LogP contribution is -2.39. The van der Waals surface area contributed by atoms with Gasteiger partial charge < -0.3 is 10.6 Å². The average Bonchev–Trinajstić information content (AvgIpc) is 2.69. The van der Waals surface area contributed by atoms with Crippen molar-refractivity contribution in [1.82, 2.24) is 10.6 Å². The zero-order valence-corrected chi connectivity index (χ0v) is 15.0. The van der Waals surface area contributed by atoms with E-state index in [1.54, 1.807) is 0 Å². The number of hydrogen-bond acceptors (Lipinski definition) is 2. The van der Waals surface area contributed by atoms with Gasteiger partial charge in [-0.2, -0.15) is 0 Å². The summed E-state index contributed by atoms with van der Waals surface area (Å²) >= 11 is 0. The van der Waals surface area contributed by atoms with E-state index >= 15 is 0 Å². The van der Waals surface area contributed by atoms with Gasteiger partial charge in [-0.3, -0.25) is 0 Å². The van der Waals surface area contributed by atoms with Gasteiger partial charge in [-0.15, -0.1) is 0 Å². The van der Waals surface area contributed by atoms with Crippen molar-refractivity contribution in [3.63, 3.8) is 0 Å². The van der Waals surface area contributed by atoms with E-state index in [0.717, 1.165) is 18.7 Å². The molecule has 0 aliphatic rings. The molecule has 26 heavy (non-hydrogen) atoms. The molecular formula is C23H25FN2. The monoisotopic (exact) mass is 348 g/mol. The maximum atomic E-state index is 13.3. The van der Waals surface area contributed by atoms with Crippen molar-refractivity contribution in [1.29, 1.82) is 0 Å². The highest BCUT2D eigenvalue weighted by Gasteiger charge is 2.18. The van der Waals surface area contributed by atoms with Crippen LogP contribution in [0.1, 0.15) is 29.7 Å². The summed E-state index contributed by atoms with van der Waals surface area (Å²) in [6.07, 6.45) is 0. The Morgan fingerprint density at radius 1 is 0.692 bits per heavy atom. The van der Waals surface area contributed by atoms with E-state index < -0.39 is 0 Å². The van der Waals surface area contributed by atoms with Gasteiger partial charge in [0.1, 0.15) is 5.82 Å². The molecule has 3 aromatic rings. The van der Waals surface area contributed by atoms with Gasteiger partial charge in [0, 0.05) is 25.2 Å². The Hall–Kier alpha value is -2.49. The zero-order chi connectivity index (χ0) is 18.2. The molecule has 0 saturated heterocycles. The minimum absolute atomic E-state index is 0.0829. The maximum absolute atomic E-state index is 13.3. The van der Waals surface area contributed by atoms with Gasteiger partial charge >= 0.3 is 0 Å². The van der Waals surface area contributed by atoms with Gasteiger partial charge in [0.05, 0.1) is 0 Å². The molecule has 0 radical (unpaired) electrons. The Morgan fingerprint density at radius 2 is 1.19 bits per heavy atom. The molecule has 134 valence electrons. The first-order valence-corrected chi connectivity index (χ1v) is 9.02.